The molecule has 1 fully saturated rings. The van der Waals surface area contributed by atoms with Gasteiger partial charge in [0.1, 0.15) is 6.04 Å². The van der Waals surface area contributed by atoms with Crippen LogP contribution in [0.1, 0.15) is 13.3 Å². The molecule has 1 aliphatic heterocycles. The van der Waals surface area contributed by atoms with Crippen LogP contribution in [0.15, 0.2) is 0 Å². The van der Waals surface area contributed by atoms with Crippen LogP contribution in [0.5, 0.6) is 0 Å². The highest BCUT2D eigenvalue weighted by Gasteiger charge is 2.46. The van der Waals surface area contributed by atoms with Crippen LogP contribution >= 0.6 is 0 Å². The first-order valence-corrected chi connectivity index (χ1v) is 4.94. The molecule has 4 nitrogen and oxygen atoms in total. The number of aliphatic carboxylic acids is 1. The average molecular weight is 241 g/mol. The monoisotopic (exact) mass is 241 g/mol. The first kappa shape index (κ1) is 13.2. The van der Waals surface area contributed by atoms with Crippen LogP contribution in [0, 0.1) is 0 Å². The summed E-state index contributed by atoms with van der Waals surface area (Å²) >= 11 is 0. The van der Waals surface area contributed by atoms with Crippen molar-refractivity contribution in [2.75, 3.05) is 19.8 Å². The fourth-order valence-electron chi connectivity index (χ4n) is 1.79. The predicted octanol–water partition coefficient (Wildman–Crippen LogP) is 1.11. The molecular weight excluding hydrogens is 227 g/mol. The summed E-state index contributed by atoms with van der Waals surface area (Å²) < 4.78 is 43.1. The normalized spacial score (nSPS) is 25.4. The molecule has 0 bridgehead atoms. The van der Waals surface area contributed by atoms with E-state index < -0.39 is 30.7 Å². The van der Waals surface area contributed by atoms with Gasteiger partial charge in [-0.1, -0.05) is 0 Å². The van der Waals surface area contributed by atoms with Gasteiger partial charge in [0.05, 0.1) is 19.6 Å². The largest absolute Gasteiger partial charge is 0.481 e. The van der Waals surface area contributed by atoms with Crippen molar-refractivity contribution in [1.82, 2.24) is 4.90 Å². The Balaban J connectivity index is 2.78. The minimum atomic E-state index is -4.52. The van der Waals surface area contributed by atoms with E-state index >= 15 is 0 Å². The van der Waals surface area contributed by atoms with Gasteiger partial charge in [-0.3, -0.25) is 9.69 Å². The predicted molar refractivity (Wildman–Crippen MR) is 49.1 cm³/mol. The van der Waals surface area contributed by atoms with Gasteiger partial charge in [-0.15, -0.1) is 0 Å². The summed E-state index contributed by atoms with van der Waals surface area (Å²) in [4.78, 5) is 11.6. The number of morpholine rings is 1. The van der Waals surface area contributed by atoms with E-state index in [9.17, 15) is 18.0 Å². The highest BCUT2D eigenvalue weighted by atomic mass is 19.4. The summed E-state index contributed by atoms with van der Waals surface area (Å²) in [7, 11) is 0. The van der Waals surface area contributed by atoms with E-state index in [0.717, 1.165) is 4.90 Å². The van der Waals surface area contributed by atoms with Crippen molar-refractivity contribution >= 4 is 5.97 Å². The summed E-state index contributed by atoms with van der Waals surface area (Å²) in [6.45, 7) is 2.11. The summed E-state index contributed by atoms with van der Waals surface area (Å²) in [6.07, 6.45) is -5.45. The van der Waals surface area contributed by atoms with Gasteiger partial charge < -0.3 is 9.84 Å². The van der Waals surface area contributed by atoms with Crippen molar-refractivity contribution in [2.45, 2.75) is 31.6 Å². The van der Waals surface area contributed by atoms with E-state index in [4.69, 9.17) is 9.84 Å². The fourth-order valence-corrected chi connectivity index (χ4v) is 1.79. The zero-order valence-corrected chi connectivity index (χ0v) is 8.83. The van der Waals surface area contributed by atoms with Crippen LogP contribution in [-0.4, -0.2) is 54.0 Å². The number of hydrogen-bond acceptors (Lipinski definition) is 3. The summed E-state index contributed by atoms with van der Waals surface area (Å²) in [6, 6.07) is -2.34. The molecule has 0 radical (unpaired) electrons. The van der Waals surface area contributed by atoms with Gasteiger partial charge in [0.15, 0.2) is 0 Å². The summed E-state index contributed by atoms with van der Waals surface area (Å²) in [5, 5.41) is 8.51. The number of carboxylic acids is 1. The van der Waals surface area contributed by atoms with Crippen molar-refractivity contribution in [3.8, 4) is 0 Å². The molecule has 1 N–H and O–H groups in total. The van der Waals surface area contributed by atoms with Gasteiger partial charge in [-0.25, -0.2) is 0 Å². The molecule has 16 heavy (non-hydrogen) atoms. The van der Waals surface area contributed by atoms with Crippen molar-refractivity contribution in [1.29, 1.82) is 0 Å². The van der Waals surface area contributed by atoms with Gasteiger partial charge >= 0.3 is 12.1 Å². The Labute approximate surface area is 91.0 Å². The average Bonchev–Trinajstić information content (AvgIpc) is 2.13. The standard InChI is InChI=1S/C9H14F3NO3/c1-6-5-16-3-2-13(6)7(4-8(14)15)9(10,11)12/h6-7H,2-5H2,1H3,(H,14,15). The number of nitrogens with zero attached hydrogens (tertiary/aromatic N) is 1. The van der Waals surface area contributed by atoms with Gasteiger partial charge in [-0.2, -0.15) is 13.2 Å². The first-order valence-electron chi connectivity index (χ1n) is 4.94. The summed E-state index contributed by atoms with van der Waals surface area (Å²) in [5.41, 5.74) is 0. The third-order valence-electron chi connectivity index (χ3n) is 2.57. The van der Waals surface area contributed by atoms with Gasteiger partial charge in [-0.05, 0) is 6.92 Å². The topological polar surface area (TPSA) is 49.8 Å². The molecular formula is C9H14F3NO3. The van der Waals surface area contributed by atoms with Crippen molar-refractivity contribution in [3.05, 3.63) is 0 Å². The molecule has 0 amide bonds. The van der Waals surface area contributed by atoms with E-state index in [0.29, 0.717) is 0 Å². The second kappa shape index (κ2) is 5.01. The summed E-state index contributed by atoms with van der Waals surface area (Å²) in [5.74, 6) is -1.44. The molecule has 2 unspecified atom stereocenters. The zero-order chi connectivity index (χ0) is 12.3. The smallest absolute Gasteiger partial charge is 0.404 e. The molecule has 0 saturated carbocycles. The third kappa shape index (κ3) is 3.34. The lowest BCUT2D eigenvalue weighted by molar-refractivity contribution is -0.204. The fraction of sp³-hybridized carbons (Fsp3) is 0.889. The van der Waals surface area contributed by atoms with Crippen molar-refractivity contribution in [3.63, 3.8) is 0 Å². The molecule has 94 valence electrons. The molecule has 7 heteroatoms. The molecule has 1 rings (SSSR count). The second-order valence-electron chi connectivity index (χ2n) is 3.82. The highest BCUT2D eigenvalue weighted by molar-refractivity contribution is 5.67. The van der Waals surface area contributed by atoms with Crippen LogP contribution in [0.2, 0.25) is 0 Å². The lowest BCUT2D eigenvalue weighted by atomic mass is 10.1. The van der Waals surface area contributed by atoms with Crippen LogP contribution in [0.25, 0.3) is 0 Å². The number of rotatable bonds is 3. The minimum absolute atomic E-state index is 0.110. The number of carboxylic acid groups (broad SMARTS) is 1. The van der Waals surface area contributed by atoms with E-state index in [1.165, 1.54) is 0 Å². The van der Waals surface area contributed by atoms with E-state index in [1.807, 2.05) is 0 Å². The van der Waals surface area contributed by atoms with Gasteiger partial charge in [0.25, 0.3) is 0 Å². The van der Waals surface area contributed by atoms with E-state index in [1.54, 1.807) is 6.92 Å². The van der Waals surface area contributed by atoms with E-state index in [2.05, 4.69) is 0 Å². The Kier molecular flexibility index (Phi) is 4.15. The van der Waals surface area contributed by atoms with Crippen molar-refractivity contribution in [2.24, 2.45) is 0 Å². The molecule has 1 saturated heterocycles. The number of halogens is 3. The van der Waals surface area contributed by atoms with Crippen molar-refractivity contribution < 1.29 is 27.8 Å². The lowest BCUT2D eigenvalue weighted by Crippen LogP contribution is -2.55. The maximum atomic E-state index is 12.7. The number of ether oxygens (including phenoxy) is 1. The SMILES string of the molecule is CC1COCCN1C(CC(=O)O)C(F)(F)F. The molecule has 0 spiro atoms. The van der Waals surface area contributed by atoms with Gasteiger partial charge in [0.2, 0.25) is 0 Å². The van der Waals surface area contributed by atoms with Gasteiger partial charge in [0, 0.05) is 12.6 Å². The maximum absolute atomic E-state index is 12.7. The molecule has 0 aliphatic carbocycles. The lowest BCUT2D eigenvalue weighted by Gasteiger charge is -2.39. The first-order chi connectivity index (χ1) is 7.32. The second-order valence-corrected chi connectivity index (χ2v) is 3.82. The Morgan fingerprint density at radius 3 is 2.69 bits per heavy atom. The maximum Gasteiger partial charge on any atom is 0.404 e. The van der Waals surface area contributed by atoms with Crippen LogP contribution in [0.3, 0.4) is 0 Å². The third-order valence-corrected chi connectivity index (χ3v) is 2.57. The Bertz CT molecular complexity index is 257. The highest BCUT2D eigenvalue weighted by Crippen LogP contribution is 2.29. The molecule has 0 aromatic rings. The molecule has 1 heterocycles. The van der Waals surface area contributed by atoms with Crippen LogP contribution in [0.4, 0.5) is 13.2 Å². The quantitative estimate of drug-likeness (QED) is 0.804. The Hall–Kier alpha value is -0.820. The van der Waals surface area contributed by atoms with Crippen LogP contribution in [-0.2, 0) is 9.53 Å². The minimum Gasteiger partial charge on any atom is -0.481 e. The van der Waals surface area contributed by atoms with Crippen LogP contribution < -0.4 is 0 Å². The Morgan fingerprint density at radius 2 is 2.25 bits per heavy atom. The zero-order valence-electron chi connectivity index (χ0n) is 8.83. The molecule has 1 aliphatic rings. The molecule has 2 atom stereocenters. The Morgan fingerprint density at radius 1 is 1.62 bits per heavy atom. The number of hydrogen-bond donors (Lipinski definition) is 1. The molecule has 0 aromatic heterocycles. The number of carbonyl (C=O) groups is 1. The molecule has 0 aromatic carbocycles. The number of alkyl halides is 3. The van der Waals surface area contributed by atoms with E-state index in [-0.39, 0.29) is 19.8 Å².